The lowest BCUT2D eigenvalue weighted by atomic mass is 9.84. The van der Waals surface area contributed by atoms with Crippen LogP contribution in [0, 0.1) is 19.8 Å². The van der Waals surface area contributed by atoms with Gasteiger partial charge in [0.05, 0.1) is 5.69 Å². The summed E-state index contributed by atoms with van der Waals surface area (Å²) in [5.41, 5.74) is 0.786. The molecular weight excluding hydrogens is 397 g/mol. The van der Waals surface area contributed by atoms with E-state index >= 15 is 0 Å². The average molecular weight is 418 g/mol. The van der Waals surface area contributed by atoms with Crippen molar-refractivity contribution >= 4 is 11.7 Å². The third-order valence-corrected chi connectivity index (χ3v) is 5.52. The number of aryl methyl sites for hydroxylation is 2. The third-order valence-electron chi connectivity index (χ3n) is 5.52. The Morgan fingerprint density at radius 1 is 1.13 bits per heavy atom. The largest absolute Gasteiger partial charge is 0.433 e. The minimum absolute atomic E-state index is 0.0000558. The highest BCUT2D eigenvalue weighted by molar-refractivity contribution is 5.94. The van der Waals surface area contributed by atoms with Crippen LogP contribution in [0.2, 0.25) is 0 Å². The van der Waals surface area contributed by atoms with Gasteiger partial charge in [-0.3, -0.25) is 4.79 Å². The van der Waals surface area contributed by atoms with Gasteiger partial charge in [0.2, 0.25) is 0 Å². The van der Waals surface area contributed by atoms with Crippen LogP contribution in [0.15, 0.2) is 24.5 Å². The van der Waals surface area contributed by atoms with Crippen molar-refractivity contribution < 1.29 is 18.0 Å². The first-order valence-electron chi connectivity index (χ1n) is 9.66. The Bertz CT molecular complexity index is 1110. The summed E-state index contributed by atoms with van der Waals surface area (Å²) in [6.07, 6.45) is -2.45. The van der Waals surface area contributed by atoms with Crippen LogP contribution in [0.25, 0.3) is 5.78 Å². The van der Waals surface area contributed by atoms with E-state index in [1.54, 1.807) is 9.42 Å². The van der Waals surface area contributed by atoms with Crippen LogP contribution < -0.4 is 0 Å². The van der Waals surface area contributed by atoms with Crippen LogP contribution in [0.3, 0.4) is 0 Å². The molecule has 0 aromatic carbocycles. The Hall–Kier alpha value is -3.04. The van der Waals surface area contributed by atoms with E-state index in [1.165, 1.54) is 19.3 Å². The summed E-state index contributed by atoms with van der Waals surface area (Å²) in [6, 6.07) is 4.15. The molecule has 4 rings (SSSR count). The van der Waals surface area contributed by atoms with Crippen LogP contribution in [-0.4, -0.2) is 48.5 Å². The van der Waals surface area contributed by atoms with Gasteiger partial charge in [-0.2, -0.15) is 23.3 Å². The minimum Gasteiger partial charge on any atom is -0.338 e. The molecule has 1 amide bonds. The highest BCUT2D eigenvalue weighted by atomic mass is 19.4. The van der Waals surface area contributed by atoms with Gasteiger partial charge < -0.3 is 4.90 Å². The molecule has 0 aliphatic carbocycles. The smallest absolute Gasteiger partial charge is 0.338 e. The summed E-state index contributed by atoms with van der Waals surface area (Å²) in [6.45, 7) is 6.27. The molecule has 3 aromatic rings. The van der Waals surface area contributed by atoms with E-state index in [4.69, 9.17) is 0 Å². The zero-order chi connectivity index (χ0) is 21.6. The van der Waals surface area contributed by atoms with Crippen molar-refractivity contribution in [3.63, 3.8) is 0 Å². The van der Waals surface area contributed by atoms with E-state index in [0.29, 0.717) is 18.9 Å². The first kappa shape index (κ1) is 20.2. The number of piperidine rings is 1. The lowest BCUT2D eigenvalue weighted by molar-refractivity contribution is -0.141. The van der Waals surface area contributed by atoms with Crippen LogP contribution in [0.4, 0.5) is 13.2 Å². The number of hydrogen-bond acceptors (Lipinski definition) is 5. The summed E-state index contributed by atoms with van der Waals surface area (Å²) in [5.74, 6) is 0.274. The second-order valence-corrected chi connectivity index (χ2v) is 7.80. The number of nitrogens with zero attached hydrogens (tertiary/aromatic N) is 6. The fourth-order valence-corrected chi connectivity index (χ4v) is 3.98. The maximum atomic E-state index is 13.1. The van der Waals surface area contributed by atoms with Crippen molar-refractivity contribution in [2.24, 2.45) is 5.92 Å². The third kappa shape index (κ3) is 3.73. The molecule has 0 bridgehead atoms. The molecule has 1 saturated heterocycles. The molecule has 4 heterocycles. The van der Waals surface area contributed by atoms with Gasteiger partial charge in [-0.1, -0.05) is 6.92 Å². The molecular formula is C20H21F3N6O. The molecule has 0 spiro atoms. The summed E-state index contributed by atoms with van der Waals surface area (Å²) in [7, 11) is 0. The molecule has 1 fully saturated rings. The zero-order valence-corrected chi connectivity index (χ0v) is 16.8. The Kier molecular flexibility index (Phi) is 4.95. The van der Waals surface area contributed by atoms with Crippen molar-refractivity contribution in [2.45, 2.75) is 39.3 Å². The molecule has 1 aliphatic heterocycles. The minimum atomic E-state index is -4.60. The number of carbonyl (C=O) groups is 1. The van der Waals surface area contributed by atoms with Crippen molar-refractivity contribution in [3.8, 4) is 0 Å². The number of rotatable bonds is 2. The summed E-state index contributed by atoms with van der Waals surface area (Å²) >= 11 is 0. The fourth-order valence-electron chi connectivity index (χ4n) is 3.98. The number of fused-ring (bicyclic) bond motifs is 1. The SMILES string of the molecule is Cc1cc(C(=O)N2CC[C@@H](C)[C@H](c3cc(C)nc4ncnn34)C2)cc(C(F)(F)F)n1. The monoisotopic (exact) mass is 418 g/mol. The van der Waals surface area contributed by atoms with E-state index in [-0.39, 0.29) is 23.1 Å². The van der Waals surface area contributed by atoms with Gasteiger partial charge in [0.1, 0.15) is 12.0 Å². The van der Waals surface area contributed by atoms with Crippen LogP contribution in [0.5, 0.6) is 0 Å². The molecule has 0 radical (unpaired) electrons. The lowest BCUT2D eigenvalue weighted by Gasteiger charge is -2.37. The first-order chi connectivity index (χ1) is 14.1. The number of alkyl halides is 3. The summed E-state index contributed by atoms with van der Waals surface area (Å²) in [5, 5.41) is 4.25. The van der Waals surface area contributed by atoms with E-state index < -0.39 is 17.8 Å². The Labute approximate surface area is 171 Å². The number of carbonyl (C=O) groups excluding carboxylic acids is 1. The second kappa shape index (κ2) is 7.33. The van der Waals surface area contributed by atoms with Crippen LogP contribution in [0.1, 0.15) is 52.4 Å². The first-order valence-corrected chi connectivity index (χ1v) is 9.66. The topological polar surface area (TPSA) is 76.3 Å². The Balaban J connectivity index is 1.66. The number of amides is 1. The Morgan fingerprint density at radius 3 is 2.60 bits per heavy atom. The number of hydrogen-bond donors (Lipinski definition) is 0. The maximum absolute atomic E-state index is 13.1. The zero-order valence-electron chi connectivity index (χ0n) is 16.8. The Morgan fingerprint density at radius 2 is 1.87 bits per heavy atom. The summed E-state index contributed by atoms with van der Waals surface area (Å²) < 4.78 is 41.1. The van der Waals surface area contributed by atoms with Gasteiger partial charge in [0.15, 0.2) is 0 Å². The van der Waals surface area contributed by atoms with E-state index in [1.807, 2.05) is 13.0 Å². The number of likely N-dealkylation sites (tertiary alicyclic amines) is 1. The van der Waals surface area contributed by atoms with Crippen LogP contribution in [-0.2, 0) is 6.18 Å². The van der Waals surface area contributed by atoms with Crippen LogP contribution >= 0.6 is 0 Å². The fraction of sp³-hybridized carbons (Fsp3) is 0.450. The average Bonchev–Trinajstić information content (AvgIpc) is 3.14. The van der Waals surface area contributed by atoms with Gasteiger partial charge >= 0.3 is 6.18 Å². The van der Waals surface area contributed by atoms with Gasteiger partial charge in [0, 0.05) is 36.0 Å². The van der Waals surface area contributed by atoms with Crippen molar-refractivity contribution in [3.05, 3.63) is 52.9 Å². The second-order valence-electron chi connectivity index (χ2n) is 7.80. The molecule has 0 unspecified atom stereocenters. The highest BCUT2D eigenvalue weighted by Gasteiger charge is 2.36. The molecule has 30 heavy (non-hydrogen) atoms. The number of halogens is 3. The standard InChI is InChI=1S/C20H21F3N6O/c1-11-4-5-28(18(30)14-6-12(2)26-17(8-14)20(21,22)23)9-15(11)16-7-13(3)27-19-24-10-25-29(16)19/h6-8,10-11,15H,4-5,9H2,1-3H3/t11-,15-/m1/s1. The van der Waals surface area contributed by atoms with Gasteiger partial charge in [0.25, 0.3) is 11.7 Å². The van der Waals surface area contributed by atoms with E-state index in [2.05, 4.69) is 27.0 Å². The van der Waals surface area contributed by atoms with E-state index in [0.717, 1.165) is 23.9 Å². The van der Waals surface area contributed by atoms with Crippen molar-refractivity contribution in [2.75, 3.05) is 13.1 Å². The highest BCUT2D eigenvalue weighted by Crippen LogP contribution is 2.34. The molecule has 158 valence electrons. The molecule has 7 nitrogen and oxygen atoms in total. The van der Waals surface area contributed by atoms with Crippen molar-refractivity contribution in [1.29, 1.82) is 0 Å². The number of aromatic nitrogens is 5. The molecule has 0 N–H and O–H groups in total. The van der Waals surface area contributed by atoms with Gasteiger partial charge in [-0.25, -0.2) is 14.5 Å². The quantitative estimate of drug-likeness (QED) is 0.637. The van der Waals surface area contributed by atoms with Gasteiger partial charge in [-0.05, 0) is 44.4 Å². The molecule has 3 aromatic heterocycles. The normalized spacial score (nSPS) is 20.0. The molecule has 2 atom stereocenters. The summed E-state index contributed by atoms with van der Waals surface area (Å²) in [4.78, 5) is 26.7. The van der Waals surface area contributed by atoms with Gasteiger partial charge in [-0.15, -0.1) is 0 Å². The maximum Gasteiger partial charge on any atom is 0.433 e. The predicted molar refractivity (Wildman–Crippen MR) is 102 cm³/mol. The number of pyridine rings is 1. The molecule has 1 aliphatic rings. The lowest BCUT2D eigenvalue weighted by Crippen LogP contribution is -2.42. The molecule has 10 heteroatoms. The van der Waals surface area contributed by atoms with Crippen molar-refractivity contribution in [1.82, 2.24) is 29.5 Å². The predicted octanol–water partition coefficient (Wildman–Crippen LogP) is 3.42. The molecule has 0 saturated carbocycles. The van der Waals surface area contributed by atoms with E-state index in [9.17, 15) is 18.0 Å².